The number of aryl methyl sites for hydroxylation is 2. The van der Waals surface area contributed by atoms with Crippen LogP contribution >= 0.6 is 0 Å². The molecular weight excluding hydrogens is 287 g/mol. The predicted molar refractivity (Wildman–Crippen MR) is 82.3 cm³/mol. The first kappa shape index (κ1) is 15.6. The van der Waals surface area contributed by atoms with Crippen molar-refractivity contribution in [2.75, 3.05) is 5.75 Å². The van der Waals surface area contributed by atoms with Crippen LogP contribution in [-0.2, 0) is 22.0 Å². The molecule has 2 rings (SSSR count). The largest absolute Gasteiger partial charge is 0.298 e. The second-order valence-electron chi connectivity index (χ2n) is 5.10. The number of hydrogen-bond donors (Lipinski definition) is 0. The van der Waals surface area contributed by atoms with E-state index >= 15 is 0 Å². The number of carbonyl (C=O) groups is 1. The molecule has 0 aromatic heterocycles. The number of benzene rings is 2. The molecule has 0 aliphatic heterocycles. The van der Waals surface area contributed by atoms with Gasteiger partial charge in [-0.2, -0.15) is 0 Å². The Bertz CT molecular complexity index is 678. The van der Waals surface area contributed by atoms with E-state index in [1.165, 1.54) is 12.1 Å². The molecule has 2 aromatic rings. The quantitative estimate of drug-likeness (QED) is 0.849. The second-order valence-corrected chi connectivity index (χ2v) is 6.52. The van der Waals surface area contributed by atoms with Gasteiger partial charge in [-0.15, -0.1) is 0 Å². The maximum absolute atomic E-state index is 12.8. The average molecular weight is 304 g/mol. The maximum atomic E-state index is 12.8. The van der Waals surface area contributed by atoms with Crippen LogP contribution in [0.5, 0.6) is 0 Å². The van der Waals surface area contributed by atoms with Crippen molar-refractivity contribution in [2.24, 2.45) is 0 Å². The number of rotatable bonds is 5. The lowest BCUT2D eigenvalue weighted by molar-refractivity contribution is -0.116. The fourth-order valence-corrected chi connectivity index (χ4v) is 3.35. The van der Waals surface area contributed by atoms with Gasteiger partial charge in [0.15, 0.2) is 0 Å². The van der Waals surface area contributed by atoms with Crippen molar-refractivity contribution in [1.82, 2.24) is 0 Å². The number of Topliss-reactive ketones (excluding diaryl/α,β-unsaturated/α-hetero) is 1. The number of ketones is 1. The maximum Gasteiger partial charge on any atom is 0.150 e. The van der Waals surface area contributed by atoms with Crippen LogP contribution in [0.15, 0.2) is 47.4 Å². The molecule has 2 aromatic carbocycles. The summed E-state index contributed by atoms with van der Waals surface area (Å²) in [5, 5.41) is 0. The van der Waals surface area contributed by atoms with E-state index in [4.69, 9.17) is 0 Å². The van der Waals surface area contributed by atoms with E-state index in [0.29, 0.717) is 4.90 Å². The smallest absolute Gasteiger partial charge is 0.150 e. The molecule has 110 valence electrons. The first-order valence-electron chi connectivity index (χ1n) is 6.67. The van der Waals surface area contributed by atoms with Crippen LogP contribution in [0.2, 0.25) is 0 Å². The second kappa shape index (κ2) is 6.76. The van der Waals surface area contributed by atoms with Gasteiger partial charge in [0.05, 0.1) is 16.6 Å². The van der Waals surface area contributed by atoms with Gasteiger partial charge < -0.3 is 0 Å². The minimum absolute atomic E-state index is 0.0126. The molecule has 21 heavy (non-hydrogen) atoms. The van der Waals surface area contributed by atoms with Gasteiger partial charge in [-0.3, -0.25) is 9.00 Å². The van der Waals surface area contributed by atoms with Crippen LogP contribution in [0.1, 0.15) is 16.7 Å². The fraction of sp³-hybridized carbons (Fsp3) is 0.235. The Labute approximate surface area is 126 Å². The molecule has 0 saturated heterocycles. The Balaban J connectivity index is 2.02. The van der Waals surface area contributed by atoms with Crippen LogP contribution in [-0.4, -0.2) is 15.7 Å². The molecule has 1 atom stereocenters. The summed E-state index contributed by atoms with van der Waals surface area (Å²) in [6, 6.07) is 11.5. The van der Waals surface area contributed by atoms with E-state index in [2.05, 4.69) is 0 Å². The summed E-state index contributed by atoms with van der Waals surface area (Å²) in [6.45, 7) is 3.87. The third-order valence-electron chi connectivity index (χ3n) is 3.18. The molecule has 0 spiro atoms. The highest BCUT2D eigenvalue weighted by molar-refractivity contribution is 7.85. The fourth-order valence-electron chi connectivity index (χ4n) is 2.16. The summed E-state index contributed by atoms with van der Waals surface area (Å²) in [4.78, 5) is 12.7. The monoisotopic (exact) mass is 304 g/mol. The molecule has 0 heterocycles. The summed E-state index contributed by atoms with van der Waals surface area (Å²) < 4.78 is 25.1. The Morgan fingerprint density at radius 2 is 1.76 bits per heavy atom. The van der Waals surface area contributed by atoms with Gasteiger partial charge in [0.1, 0.15) is 11.6 Å². The van der Waals surface area contributed by atoms with Crippen molar-refractivity contribution in [2.45, 2.75) is 25.2 Å². The number of carbonyl (C=O) groups excluding carboxylic acids is 1. The standard InChI is InChI=1S/C17H17FO2S/c1-12-3-8-17(13(2)9-12)21(20)11-16(19)10-14-4-6-15(18)7-5-14/h3-9H,10-11H2,1-2H3. The zero-order chi connectivity index (χ0) is 15.4. The van der Waals surface area contributed by atoms with Crippen LogP contribution in [0, 0.1) is 19.7 Å². The van der Waals surface area contributed by atoms with Gasteiger partial charge >= 0.3 is 0 Å². The lowest BCUT2D eigenvalue weighted by Gasteiger charge is -2.07. The molecule has 2 nitrogen and oxygen atoms in total. The van der Waals surface area contributed by atoms with Crippen molar-refractivity contribution >= 4 is 16.6 Å². The Kier molecular flexibility index (Phi) is 5.02. The molecule has 0 fully saturated rings. The Morgan fingerprint density at radius 3 is 2.38 bits per heavy atom. The SMILES string of the molecule is Cc1ccc(S(=O)CC(=O)Cc2ccc(F)cc2)c(C)c1. The van der Waals surface area contributed by atoms with Crippen molar-refractivity contribution in [3.05, 3.63) is 65.0 Å². The van der Waals surface area contributed by atoms with Crippen LogP contribution in [0.3, 0.4) is 0 Å². The Hall–Kier alpha value is -1.81. The van der Waals surface area contributed by atoms with Gasteiger partial charge in [0, 0.05) is 11.3 Å². The van der Waals surface area contributed by atoms with Gasteiger partial charge in [0.2, 0.25) is 0 Å². The lowest BCUT2D eigenvalue weighted by Crippen LogP contribution is -2.14. The van der Waals surface area contributed by atoms with Gasteiger partial charge in [-0.25, -0.2) is 4.39 Å². The highest BCUT2D eigenvalue weighted by Gasteiger charge is 2.13. The highest BCUT2D eigenvalue weighted by atomic mass is 32.2. The first-order chi connectivity index (χ1) is 9.95. The number of halogens is 1. The van der Waals surface area contributed by atoms with Crippen LogP contribution < -0.4 is 0 Å². The van der Waals surface area contributed by atoms with E-state index in [1.807, 2.05) is 32.0 Å². The van der Waals surface area contributed by atoms with Crippen LogP contribution in [0.4, 0.5) is 4.39 Å². The van der Waals surface area contributed by atoms with Gasteiger partial charge in [-0.05, 0) is 43.2 Å². The first-order valence-corrected chi connectivity index (χ1v) is 7.99. The van der Waals surface area contributed by atoms with E-state index in [-0.39, 0.29) is 23.8 Å². The molecule has 0 aliphatic carbocycles. The van der Waals surface area contributed by atoms with Crippen molar-refractivity contribution in [3.8, 4) is 0 Å². The third-order valence-corrected chi connectivity index (χ3v) is 4.72. The van der Waals surface area contributed by atoms with Crippen molar-refractivity contribution in [3.63, 3.8) is 0 Å². The molecule has 0 N–H and O–H groups in total. The molecule has 0 aliphatic rings. The molecule has 1 unspecified atom stereocenters. The molecule has 0 bridgehead atoms. The molecule has 0 radical (unpaired) electrons. The third kappa shape index (κ3) is 4.33. The Morgan fingerprint density at radius 1 is 1.10 bits per heavy atom. The van der Waals surface area contributed by atoms with E-state index in [0.717, 1.165) is 16.7 Å². The van der Waals surface area contributed by atoms with Gasteiger partial charge in [-0.1, -0.05) is 29.8 Å². The summed E-state index contributed by atoms with van der Waals surface area (Å²) in [7, 11) is -1.34. The van der Waals surface area contributed by atoms with Crippen molar-refractivity contribution < 1.29 is 13.4 Å². The van der Waals surface area contributed by atoms with Crippen LogP contribution in [0.25, 0.3) is 0 Å². The molecule has 4 heteroatoms. The van der Waals surface area contributed by atoms with Gasteiger partial charge in [0.25, 0.3) is 0 Å². The number of hydrogen-bond acceptors (Lipinski definition) is 2. The van der Waals surface area contributed by atoms with E-state index in [1.54, 1.807) is 12.1 Å². The molecule has 0 saturated carbocycles. The minimum atomic E-state index is -1.34. The lowest BCUT2D eigenvalue weighted by atomic mass is 10.1. The molecular formula is C17H17FO2S. The topological polar surface area (TPSA) is 34.1 Å². The van der Waals surface area contributed by atoms with E-state index in [9.17, 15) is 13.4 Å². The average Bonchev–Trinajstić information content (AvgIpc) is 2.41. The predicted octanol–water partition coefficient (Wildman–Crippen LogP) is 3.36. The highest BCUT2D eigenvalue weighted by Crippen LogP contribution is 2.15. The summed E-state index contributed by atoms with van der Waals surface area (Å²) in [6.07, 6.45) is 0.178. The summed E-state index contributed by atoms with van der Waals surface area (Å²) in [5.74, 6) is -0.452. The van der Waals surface area contributed by atoms with E-state index < -0.39 is 10.8 Å². The normalized spacial score (nSPS) is 12.1. The van der Waals surface area contributed by atoms with Crippen molar-refractivity contribution in [1.29, 1.82) is 0 Å². The zero-order valence-corrected chi connectivity index (χ0v) is 12.9. The zero-order valence-electron chi connectivity index (χ0n) is 12.1. The summed E-state index contributed by atoms with van der Waals surface area (Å²) in [5.41, 5.74) is 2.77. The summed E-state index contributed by atoms with van der Waals surface area (Å²) >= 11 is 0. The molecule has 0 amide bonds. The minimum Gasteiger partial charge on any atom is -0.298 e.